The number of amides is 1. The first-order valence-corrected chi connectivity index (χ1v) is 16.2. The minimum absolute atomic E-state index is 0.0000496. The molecule has 0 bridgehead atoms. The van der Waals surface area contributed by atoms with E-state index in [-0.39, 0.29) is 48.9 Å². The molecule has 0 saturated carbocycles. The molecule has 0 aliphatic rings. The van der Waals surface area contributed by atoms with E-state index in [1.54, 1.807) is 30.3 Å². The summed E-state index contributed by atoms with van der Waals surface area (Å²) in [5.74, 6) is -0.0662. The maximum atomic E-state index is 14.8. The van der Waals surface area contributed by atoms with Gasteiger partial charge in [0.1, 0.15) is 28.0 Å². The Balaban J connectivity index is 1.79. The summed E-state index contributed by atoms with van der Waals surface area (Å²) >= 11 is 6.73. The number of hydrogen-bond acceptors (Lipinski definition) is 9. The van der Waals surface area contributed by atoms with Crippen molar-refractivity contribution in [3.63, 3.8) is 0 Å². The third kappa shape index (κ3) is 9.01. The molecule has 3 aromatic carbocycles. The molecule has 0 radical (unpaired) electrons. The van der Waals surface area contributed by atoms with Gasteiger partial charge in [-0.05, 0) is 60.2 Å². The lowest BCUT2D eigenvalue weighted by Gasteiger charge is -2.28. The number of nitrogens with zero attached hydrogens (tertiary/aromatic N) is 3. The molecule has 0 fully saturated rings. The Morgan fingerprint density at radius 1 is 0.918 bits per heavy atom. The molecule has 4 aromatic rings. The molecular weight excluding hydrogens is 694 g/mol. The highest BCUT2D eigenvalue weighted by molar-refractivity contribution is 7.93. The van der Waals surface area contributed by atoms with Gasteiger partial charge in [-0.3, -0.25) is 4.42 Å². The number of pyridine rings is 1. The lowest BCUT2D eigenvalue weighted by molar-refractivity contribution is -0.137. The Morgan fingerprint density at radius 2 is 1.69 bits per heavy atom. The van der Waals surface area contributed by atoms with Crippen molar-refractivity contribution in [3.8, 4) is 11.5 Å². The topological polar surface area (TPSA) is 122 Å². The lowest BCUT2D eigenvalue weighted by atomic mass is 10.1. The van der Waals surface area contributed by atoms with E-state index in [1.165, 1.54) is 33.6 Å². The highest BCUT2D eigenvalue weighted by Crippen LogP contribution is 2.40. The second kappa shape index (κ2) is 16.1. The van der Waals surface area contributed by atoms with E-state index in [2.05, 4.69) is 20.4 Å². The van der Waals surface area contributed by atoms with Crippen LogP contribution in [0.4, 0.5) is 39.5 Å². The number of ether oxygens (including phenoxy) is 3. The number of methoxy groups -OCH3 is 3. The molecule has 0 unspecified atom stereocenters. The monoisotopic (exact) mass is 725 g/mol. The molecule has 0 saturated heterocycles. The van der Waals surface area contributed by atoms with Gasteiger partial charge >= 0.3 is 12.3 Å². The zero-order valence-electron chi connectivity index (χ0n) is 26.4. The number of rotatable bonds is 14. The van der Waals surface area contributed by atoms with E-state index >= 15 is 0 Å². The van der Waals surface area contributed by atoms with Gasteiger partial charge in [-0.25, -0.2) is 26.9 Å². The quantitative estimate of drug-likeness (QED) is 0.0866. The van der Waals surface area contributed by atoms with Gasteiger partial charge in [0.2, 0.25) is 0 Å². The van der Waals surface area contributed by atoms with Gasteiger partial charge in [0, 0.05) is 55.3 Å². The van der Waals surface area contributed by atoms with Crippen LogP contribution in [0.15, 0.2) is 83.9 Å². The third-order valence-electron chi connectivity index (χ3n) is 7.10. The van der Waals surface area contributed by atoms with Gasteiger partial charge in [0.05, 0.1) is 44.8 Å². The molecule has 49 heavy (non-hydrogen) atoms. The maximum absolute atomic E-state index is 14.8. The van der Waals surface area contributed by atoms with Crippen LogP contribution in [-0.4, -0.2) is 53.9 Å². The fourth-order valence-corrected chi connectivity index (χ4v) is 6.59. The van der Waals surface area contributed by atoms with E-state index in [1.807, 2.05) is 0 Å². The van der Waals surface area contributed by atoms with Crippen LogP contribution in [0.1, 0.15) is 16.7 Å². The Kier molecular flexibility index (Phi) is 12.1. The first-order valence-electron chi connectivity index (χ1n) is 14.4. The number of alkyl carbamates (subject to hydrolysis) is 1. The van der Waals surface area contributed by atoms with Crippen LogP contribution in [0.3, 0.4) is 0 Å². The summed E-state index contributed by atoms with van der Waals surface area (Å²) in [5, 5.41) is 5.33. The van der Waals surface area contributed by atoms with Gasteiger partial charge in [0.25, 0.3) is 10.0 Å². The Hall–Kier alpha value is -4.80. The average Bonchev–Trinajstić information content (AvgIpc) is 3.09. The molecule has 0 aliphatic carbocycles. The fraction of sp³-hybridized carbons (Fsp3) is 0.250. The zero-order valence-corrected chi connectivity index (χ0v) is 28.0. The van der Waals surface area contributed by atoms with Crippen molar-refractivity contribution in [1.29, 1.82) is 0 Å². The van der Waals surface area contributed by atoms with Crippen LogP contribution in [-0.2, 0) is 34.0 Å². The number of hydrogen-bond donors (Lipinski definition) is 2. The van der Waals surface area contributed by atoms with Crippen molar-refractivity contribution in [2.24, 2.45) is 0 Å². The second-order valence-corrected chi connectivity index (χ2v) is 12.4. The molecule has 4 rings (SSSR count). The molecule has 0 atom stereocenters. The summed E-state index contributed by atoms with van der Waals surface area (Å²) in [6.07, 6.45) is -4.01. The van der Waals surface area contributed by atoms with Crippen molar-refractivity contribution in [2.45, 2.75) is 24.2 Å². The van der Waals surface area contributed by atoms with Gasteiger partial charge < -0.3 is 24.8 Å². The number of carbonyl (C=O) groups is 1. The first kappa shape index (κ1) is 37.0. The summed E-state index contributed by atoms with van der Waals surface area (Å²) in [5.41, 5.74) is -1.00. The van der Waals surface area contributed by atoms with E-state index in [4.69, 9.17) is 21.3 Å². The summed E-state index contributed by atoms with van der Waals surface area (Å²) in [6, 6.07) is 14.9. The van der Waals surface area contributed by atoms with Crippen LogP contribution in [0.25, 0.3) is 0 Å². The fourth-order valence-electron chi connectivity index (χ4n) is 4.68. The zero-order chi connectivity index (χ0) is 35.8. The molecule has 11 nitrogen and oxygen atoms in total. The van der Waals surface area contributed by atoms with Crippen molar-refractivity contribution in [2.75, 3.05) is 43.1 Å². The van der Waals surface area contributed by atoms with Crippen LogP contribution >= 0.6 is 11.8 Å². The van der Waals surface area contributed by atoms with E-state index in [0.29, 0.717) is 17.1 Å². The van der Waals surface area contributed by atoms with Crippen molar-refractivity contribution in [3.05, 3.63) is 102 Å². The van der Waals surface area contributed by atoms with Gasteiger partial charge in [-0.15, -0.1) is 0 Å². The summed E-state index contributed by atoms with van der Waals surface area (Å²) < 4.78 is 102. The number of sulfonamides is 1. The molecule has 1 heterocycles. The minimum Gasteiger partial charge on any atom is -0.497 e. The van der Waals surface area contributed by atoms with Gasteiger partial charge in [0.15, 0.2) is 0 Å². The van der Waals surface area contributed by atoms with Crippen LogP contribution in [0.2, 0.25) is 0 Å². The minimum atomic E-state index is -4.71. The first-order chi connectivity index (χ1) is 23.3. The highest BCUT2D eigenvalue weighted by atomic mass is 35.5. The normalized spacial score (nSPS) is 11.5. The third-order valence-corrected chi connectivity index (χ3v) is 9.27. The number of benzene rings is 3. The van der Waals surface area contributed by atoms with Gasteiger partial charge in [-0.2, -0.15) is 13.2 Å². The van der Waals surface area contributed by atoms with Crippen molar-refractivity contribution >= 4 is 45.1 Å². The average molecular weight is 726 g/mol. The van der Waals surface area contributed by atoms with Crippen molar-refractivity contribution < 1.29 is 45.0 Å². The molecule has 17 heteroatoms. The van der Waals surface area contributed by atoms with E-state index < -0.39 is 38.6 Å². The largest absolute Gasteiger partial charge is 0.497 e. The number of aromatic nitrogens is 1. The summed E-state index contributed by atoms with van der Waals surface area (Å²) in [6.45, 7) is -0.276. The molecule has 0 aliphatic heterocycles. The smallest absolute Gasteiger partial charge is 0.416 e. The SMILES string of the molecule is COC(=O)NCCNCc1cc(C(F)(F)F)ccc1N(Cl)c1cc(F)ccc1S(=O)(=O)N(Cc1ccc(OC)cc1OC)c1ccccn1. The Labute approximate surface area is 285 Å². The number of anilines is 3. The molecule has 1 aromatic heterocycles. The number of nitrogens with one attached hydrogen (secondary N) is 2. The standard InChI is InChI=1S/C32H32ClF4N5O6S/c1-46-25-10-7-21(28(18-25)47-2)20-41(30-6-4-5-13-39-30)49(44,45)29-12-9-24(34)17-27(29)42(33)26-11-8-23(32(35,36)37)16-22(26)19-38-14-15-40-31(43)48-3/h4-13,16-18,38H,14-15,19-20H2,1-3H3,(H,40,43). The molecule has 0 spiro atoms. The lowest BCUT2D eigenvalue weighted by Crippen LogP contribution is -2.32. The molecular formula is C32H32ClF4N5O6S. The van der Waals surface area contributed by atoms with E-state index in [0.717, 1.165) is 45.1 Å². The van der Waals surface area contributed by atoms with Crippen LogP contribution in [0.5, 0.6) is 11.5 Å². The second-order valence-electron chi connectivity index (χ2n) is 10.2. The summed E-state index contributed by atoms with van der Waals surface area (Å²) in [4.78, 5) is 15.1. The van der Waals surface area contributed by atoms with E-state index in [9.17, 15) is 30.8 Å². The number of alkyl halides is 3. The number of halogens is 5. The Bertz CT molecular complexity index is 1870. The maximum Gasteiger partial charge on any atom is 0.416 e. The molecule has 262 valence electrons. The summed E-state index contributed by atoms with van der Waals surface area (Å²) in [7, 11) is -0.573. The predicted molar refractivity (Wildman–Crippen MR) is 175 cm³/mol. The molecule has 1 amide bonds. The van der Waals surface area contributed by atoms with Crippen LogP contribution in [0, 0.1) is 5.82 Å². The van der Waals surface area contributed by atoms with Gasteiger partial charge in [-0.1, -0.05) is 6.07 Å². The van der Waals surface area contributed by atoms with Crippen LogP contribution < -0.4 is 28.8 Å². The van der Waals surface area contributed by atoms with Crippen molar-refractivity contribution in [1.82, 2.24) is 15.6 Å². The molecule has 2 N–H and O–H groups in total. The highest BCUT2D eigenvalue weighted by Gasteiger charge is 2.34. The number of carbonyl (C=O) groups excluding carboxylic acids is 1. The Morgan fingerprint density at radius 3 is 2.35 bits per heavy atom. The predicted octanol–water partition coefficient (Wildman–Crippen LogP) is 6.39.